The van der Waals surface area contributed by atoms with Crippen LogP contribution in [-0.2, 0) is 11.2 Å². The number of fused-ring (bicyclic) bond motifs is 1. The van der Waals surface area contributed by atoms with Gasteiger partial charge in [0.15, 0.2) is 23.1 Å². The summed E-state index contributed by atoms with van der Waals surface area (Å²) in [6, 6.07) is 5.63. The minimum absolute atomic E-state index is 0.215. The molecule has 1 aliphatic carbocycles. The van der Waals surface area contributed by atoms with Crippen LogP contribution in [0, 0.1) is 12.8 Å². The third kappa shape index (κ3) is 2.72. The van der Waals surface area contributed by atoms with Crippen LogP contribution in [0.5, 0.6) is 0 Å². The zero-order valence-electron chi connectivity index (χ0n) is 14.1. The maximum atomic E-state index is 12.2. The van der Waals surface area contributed by atoms with Crippen molar-refractivity contribution in [2.45, 2.75) is 46.0 Å². The summed E-state index contributed by atoms with van der Waals surface area (Å²) in [6.07, 6.45) is 2.36. The summed E-state index contributed by atoms with van der Waals surface area (Å²) in [6.45, 7) is 5.99. The van der Waals surface area contributed by atoms with Crippen molar-refractivity contribution in [1.29, 1.82) is 0 Å². The van der Waals surface area contributed by atoms with Gasteiger partial charge < -0.3 is 4.42 Å². The molecule has 6 nitrogen and oxygen atoms in total. The molecule has 0 N–H and O–H groups in total. The van der Waals surface area contributed by atoms with Gasteiger partial charge in [0.1, 0.15) is 11.5 Å². The first-order chi connectivity index (χ1) is 11.5. The van der Waals surface area contributed by atoms with Gasteiger partial charge in [0.25, 0.3) is 0 Å². The third-order valence-electron chi connectivity index (χ3n) is 4.26. The second-order valence-electron chi connectivity index (χ2n) is 6.79. The summed E-state index contributed by atoms with van der Waals surface area (Å²) < 4.78 is 7.44. The number of ketones is 1. The molecule has 0 aliphatic heterocycles. The average molecular weight is 324 g/mol. The van der Waals surface area contributed by atoms with Crippen LogP contribution in [0.1, 0.15) is 49.9 Å². The first-order valence-electron chi connectivity index (χ1n) is 8.37. The van der Waals surface area contributed by atoms with E-state index in [4.69, 9.17) is 4.42 Å². The Morgan fingerprint density at radius 2 is 2.12 bits per heavy atom. The van der Waals surface area contributed by atoms with Crippen molar-refractivity contribution in [2.75, 3.05) is 0 Å². The van der Waals surface area contributed by atoms with E-state index in [1.54, 1.807) is 4.52 Å². The molecule has 6 heteroatoms. The van der Waals surface area contributed by atoms with E-state index < -0.39 is 0 Å². The number of carbonyl (C=O) groups is 1. The van der Waals surface area contributed by atoms with Crippen molar-refractivity contribution in [3.8, 4) is 11.6 Å². The lowest BCUT2D eigenvalue weighted by atomic mass is 10.1. The van der Waals surface area contributed by atoms with Gasteiger partial charge in [-0.1, -0.05) is 13.8 Å². The summed E-state index contributed by atoms with van der Waals surface area (Å²) in [5, 5.41) is 4.56. The van der Waals surface area contributed by atoms with Gasteiger partial charge in [-0.25, -0.2) is 9.97 Å². The highest BCUT2D eigenvalue weighted by Gasteiger charge is 2.30. The smallest absolute Gasteiger partial charge is 0.199 e. The lowest BCUT2D eigenvalue weighted by Gasteiger charge is -2.05. The Morgan fingerprint density at radius 3 is 2.75 bits per heavy atom. The molecule has 3 heterocycles. The highest BCUT2D eigenvalue weighted by atomic mass is 16.3. The second-order valence-corrected chi connectivity index (χ2v) is 6.79. The first kappa shape index (κ1) is 15.1. The van der Waals surface area contributed by atoms with E-state index >= 15 is 0 Å². The standard InChI is InChI=1S/C18H20N4O2/c1-10(2)17-20-16-9-13(8-14(23)12-5-6-12)19-18(22(16)21-17)15-7-4-11(3)24-15/h4,7,9-10,12H,5-6,8H2,1-3H3. The Bertz CT molecular complexity index is 918. The maximum absolute atomic E-state index is 12.2. The molecule has 4 rings (SSSR count). The topological polar surface area (TPSA) is 73.3 Å². The highest BCUT2D eigenvalue weighted by molar-refractivity contribution is 5.85. The number of hydrogen-bond acceptors (Lipinski definition) is 5. The van der Waals surface area contributed by atoms with Crippen molar-refractivity contribution in [3.05, 3.63) is 35.5 Å². The SMILES string of the molecule is Cc1ccc(-c2nc(CC(=O)C3CC3)cc3nc(C(C)C)nn23)o1. The molecule has 3 aromatic heterocycles. The van der Waals surface area contributed by atoms with E-state index in [0.29, 0.717) is 23.7 Å². The monoisotopic (exact) mass is 324 g/mol. The fourth-order valence-corrected chi connectivity index (χ4v) is 2.73. The van der Waals surface area contributed by atoms with Crippen LogP contribution in [-0.4, -0.2) is 25.4 Å². The van der Waals surface area contributed by atoms with Gasteiger partial charge in [-0.2, -0.15) is 4.52 Å². The van der Waals surface area contributed by atoms with Gasteiger partial charge in [-0.05, 0) is 31.9 Å². The van der Waals surface area contributed by atoms with Crippen LogP contribution in [0.2, 0.25) is 0 Å². The van der Waals surface area contributed by atoms with E-state index in [1.807, 2.05) is 25.1 Å². The second kappa shape index (κ2) is 5.54. The molecule has 24 heavy (non-hydrogen) atoms. The molecule has 1 aliphatic rings. The number of rotatable bonds is 5. The lowest BCUT2D eigenvalue weighted by molar-refractivity contribution is -0.119. The molecule has 3 aromatic rings. The van der Waals surface area contributed by atoms with E-state index in [1.165, 1.54) is 0 Å². The van der Waals surface area contributed by atoms with Crippen LogP contribution in [0.3, 0.4) is 0 Å². The molecule has 0 spiro atoms. The molecule has 0 bridgehead atoms. The van der Waals surface area contributed by atoms with Gasteiger partial charge in [0, 0.05) is 24.3 Å². The zero-order chi connectivity index (χ0) is 16.8. The Labute approximate surface area is 139 Å². The van der Waals surface area contributed by atoms with E-state index in [9.17, 15) is 4.79 Å². The molecule has 0 amide bonds. The van der Waals surface area contributed by atoms with Gasteiger partial charge in [-0.3, -0.25) is 4.79 Å². The number of aryl methyl sites for hydroxylation is 1. The summed E-state index contributed by atoms with van der Waals surface area (Å²) in [5.74, 6) is 3.50. The van der Waals surface area contributed by atoms with E-state index in [0.717, 1.165) is 30.1 Å². The van der Waals surface area contributed by atoms with Crippen LogP contribution >= 0.6 is 0 Å². The quantitative estimate of drug-likeness (QED) is 0.719. The summed E-state index contributed by atoms with van der Waals surface area (Å²) in [5.41, 5.74) is 1.43. The van der Waals surface area contributed by atoms with Crippen molar-refractivity contribution in [1.82, 2.24) is 19.6 Å². The molecular formula is C18H20N4O2. The number of Topliss-reactive ketones (excluding diaryl/α,β-unsaturated/α-hetero) is 1. The molecule has 0 aromatic carbocycles. The van der Waals surface area contributed by atoms with E-state index in [-0.39, 0.29) is 17.6 Å². The van der Waals surface area contributed by atoms with Crippen molar-refractivity contribution in [3.63, 3.8) is 0 Å². The van der Waals surface area contributed by atoms with Crippen LogP contribution < -0.4 is 0 Å². The number of carbonyl (C=O) groups excluding carboxylic acids is 1. The lowest BCUT2D eigenvalue weighted by Crippen LogP contribution is -2.09. The Hall–Kier alpha value is -2.50. The van der Waals surface area contributed by atoms with Gasteiger partial charge in [-0.15, -0.1) is 5.10 Å². The van der Waals surface area contributed by atoms with Crippen LogP contribution in [0.15, 0.2) is 22.6 Å². The fraction of sp³-hybridized carbons (Fsp3) is 0.444. The fourth-order valence-electron chi connectivity index (χ4n) is 2.73. The predicted molar refractivity (Wildman–Crippen MR) is 88.7 cm³/mol. The molecule has 124 valence electrons. The molecule has 0 saturated heterocycles. The molecule has 1 fully saturated rings. The predicted octanol–water partition coefficient (Wildman–Crippen LogP) is 3.34. The minimum atomic E-state index is 0.215. The zero-order valence-corrected chi connectivity index (χ0v) is 14.1. The minimum Gasteiger partial charge on any atom is -0.458 e. The normalized spacial score (nSPS) is 14.7. The summed E-state index contributed by atoms with van der Waals surface area (Å²) in [4.78, 5) is 21.4. The van der Waals surface area contributed by atoms with Crippen molar-refractivity contribution < 1.29 is 9.21 Å². The molecular weight excluding hydrogens is 304 g/mol. The molecule has 0 unspecified atom stereocenters. The first-order valence-corrected chi connectivity index (χ1v) is 8.37. The number of nitrogens with zero attached hydrogens (tertiary/aromatic N) is 4. The van der Waals surface area contributed by atoms with Crippen molar-refractivity contribution in [2.24, 2.45) is 5.92 Å². The Morgan fingerprint density at radius 1 is 1.33 bits per heavy atom. The summed E-state index contributed by atoms with van der Waals surface area (Å²) >= 11 is 0. The van der Waals surface area contributed by atoms with Gasteiger partial charge >= 0.3 is 0 Å². The third-order valence-corrected chi connectivity index (χ3v) is 4.26. The van der Waals surface area contributed by atoms with Crippen LogP contribution in [0.25, 0.3) is 17.2 Å². The van der Waals surface area contributed by atoms with E-state index in [2.05, 4.69) is 28.9 Å². The maximum Gasteiger partial charge on any atom is 0.199 e. The Balaban J connectivity index is 1.84. The summed E-state index contributed by atoms with van der Waals surface area (Å²) in [7, 11) is 0. The van der Waals surface area contributed by atoms with Crippen molar-refractivity contribution >= 4 is 11.4 Å². The average Bonchev–Trinajstić information content (AvgIpc) is 3.16. The molecule has 0 atom stereocenters. The number of furan rings is 1. The largest absolute Gasteiger partial charge is 0.458 e. The molecule has 0 radical (unpaired) electrons. The van der Waals surface area contributed by atoms with Crippen LogP contribution in [0.4, 0.5) is 0 Å². The number of aromatic nitrogens is 4. The van der Waals surface area contributed by atoms with Gasteiger partial charge in [0.2, 0.25) is 0 Å². The van der Waals surface area contributed by atoms with Gasteiger partial charge in [0.05, 0.1) is 5.69 Å². The highest BCUT2D eigenvalue weighted by Crippen LogP contribution is 2.31. The number of hydrogen-bond donors (Lipinski definition) is 0. The molecule has 1 saturated carbocycles. The Kier molecular flexibility index (Phi) is 3.48.